The zero-order valence-corrected chi connectivity index (χ0v) is 12.3. The first-order valence-electron chi connectivity index (χ1n) is 6.89. The highest BCUT2D eigenvalue weighted by molar-refractivity contribution is 5.73. The predicted octanol–water partition coefficient (Wildman–Crippen LogP) is 0.258. The molecule has 1 spiro atoms. The molecular weight excluding hydrogens is 288 g/mol. The van der Waals surface area contributed by atoms with Gasteiger partial charge in [-0.2, -0.15) is 5.26 Å². The van der Waals surface area contributed by atoms with Crippen molar-refractivity contribution in [2.75, 3.05) is 13.7 Å². The summed E-state index contributed by atoms with van der Waals surface area (Å²) in [6, 6.07) is 2.13. The number of H-pyrrole nitrogens is 1. The second-order valence-corrected chi connectivity index (χ2v) is 5.32. The number of nitrogens with two attached hydrogens (primary N) is 1. The van der Waals surface area contributed by atoms with Crippen LogP contribution in [0.5, 0.6) is 5.88 Å². The van der Waals surface area contributed by atoms with Gasteiger partial charge in [0.25, 0.3) is 0 Å². The first kappa shape index (κ1) is 14.4. The molecule has 0 saturated carbocycles. The highest BCUT2D eigenvalue weighted by atomic mass is 16.5. The van der Waals surface area contributed by atoms with Gasteiger partial charge in [-0.05, 0) is 13.3 Å². The highest BCUT2D eigenvalue weighted by Gasteiger charge is 2.54. The molecule has 3 rings (SSSR count). The molecular formula is C14H16N4O4. The molecule has 0 aromatic carbocycles. The number of nitrogens with one attached hydrogen (secondary N) is 1. The van der Waals surface area contributed by atoms with E-state index in [1.165, 1.54) is 7.11 Å². The Morgan fingerprint density at radius 2 is 2.45 bits per heavy atom. The number of carbonyl (C=O) groups is 1. The lowest BCUT2D eigenvalue weighted by Gasteiger charge is -2.35. The van der Waals surface area contributed by atoms with E-state index in [1.807, 2.05) is 6.92 Å². The van der Waals surface area contributed by atoms with Crippen molar-refractivity contribution in [1.82, 2.24) is 10.2 Å². The number of esters is 1. The smallest absolute Gasteiger partial charge is 0.311 e. The van der Waals surface area contributed by atoms with Crippen LogP contribution in [-0.2, 0) is 26.1 Å². The van der Waals surface area contributed by atoms with Crippen LogP contribution in [0.4, 0.5) is 0 Å². The van der Waals surface area contributed by atoms with Crippen LogP contribution in [0.25, 0.3) is 0 Å². The number of ether oxygens (including phenoxy) is 3. The summed E-state index contributed by atoms with van der Waals surface area (Å²) in [5.41, 5.74) is 6.68. The van der Waals surface area contributed by atoms with E-state index in [4.69, 9.17) is 19.9 Å². The standard InChI is InChI=1S/C14H16N4O4/c1-7-14(3-4-21-7)8(6-15)12(16)22-13-11(14)9(17-18-13)5-10(19)20-2/h7H,3-5,16H2,1-2H3,(H,17,18)/t7-,14+/m0/s1. The van der Waals surface area contributed by atoms with Crippen LogP contribution in [0.3, 0.4) is 0 Å². The molecule has 8 heteroatoms. The Morgan fingerprint density at radius 3 is 3.05 bits per heavy atom. The van der Waals surface area contributed by atoms with E-state index >= 15 is 0 Å². The van der Waals surface area contributed by atoms with Crippen molar-refractivity contribution in [2.45, 2.75) is 31.3 Å². The Bertz CT molecular complexity index is 702. The van der Waals surface area contributed by atoms with Gasteiger partial charge in [-0.25, -0.2) is 0 Å². The van der Waals surface area contributed by atoms with Crippen LogP contribution in [0, 0.1) is 11.3 Å². The number of hydrogen-bond acceptors (Lipinski definition) is 7. The number of nitrogens with zero attached hydrogens (tertiary/aromatic N) is 2. The van der Waals surface area contributed by atoms with Crippen molar-refractivity contribution >= 4 is 5.97 Å². The van der Waals surface area contributed by atoms with E-state index in [2.05, 4.69) is 16.3 Å². The van der Waals surface area contributed by atoms with Gasteiger partial charge < -0.3 is 19.9 Å². The predicted molar refractivity (Wildman–Crippen MR) is 73.5 cm³/mol. The fraction of sp³-hybridized carbons (Fsp3) is 0.500. The van der Waals surface area contributed by atoms with Gasteiger partial charge >= 0.3 is 5.97 Å². The molecule has 1 saturated heterocycles. The van der Waals surface area contributed by atoms with Crippen molar-refractivity contribution < 1.29 is 19.0 Å². The zero-order valence-electron chi connectivity index (χ0n) is 12.3. The first-order chi connectivity index (χ1) is 10.5. The maximum Gasteiger partial charge on any atom is 0.311 e. The molecule has 2 aliphatic heterocycles. The van der Waals surface area contributed by atoms with Crippen molar-refractivity contribution in [1.29, 1.82) is 5.26 Å². The number of aromatic amines is 1. The molecule has 0 aliphatic carbocycles. The molecule has 1 aromatic rings. The summed E-state index contributed by atoms with van der Waals surface area (Å²) < 4.78 is 15.8. The molecule has 1 aromatic heterocycles. The normalized spacial score (nSPS) is 26.5. The summed E-state index contributed by atoms with van der Waals surface area (Å²) in [6.07, 6.45) is 0.300. The van der Waals surface area contributed by atoms with Crippen LogP contribution in [0.15, 0.2) is 11.5 Å². The maximum absolute atomic E-state index is 11.6. The summed E-state index contributed by atoms with van der Waals surface area (Å²) >= 11 is 0. The summed E-state index contributed by atoms with van der Waals surface area (Å²) in [6.45, 7) is 2.36. The third-order valence-corrected chi connectivity index (χ3v) is 4.37. The van der Waals surface area contributed by atoms with Gasteiger partial charge in [0.2, 0.25) is 11.8 Å². The lowest BCUT2D eigenvalue weighted by molar-refractivity contribution is -0.139. The Balaban J connectivity index is 2.18. The molecule has 1 fully saturated rings. The first-order valence-corrected chi connectivity index (χ1v) is 6.89. The van der Waals surface area contributed by atoms with Crippen LogP contribution in [-0.4, -0.2) is 36.0 Å². The third kappa shape index (κ3) is 1.79. The fourth-order valence-electron chi connectivity index (χ4n) is 3.29. The van der Waals surface area contributed by atoms with Crippen LogP contribution < -0.4 is 10.5 Å². The average molecular weight is 304 g/mol. The summed E-state index contributed by atoms with van der Waals surface area (Å²) in [7, 11) is 1.32. The van der Waals surface area contributed by atoms with Gasteiger partial charge in [0.05, 0.1) is 36.3 Å². The largest absolute Gasteiger partial charge is 0.469 e. The minimum absolute atomic E-state index is 0.00920. The minimum atomic E-state index is -0.747. The number of fused-ring (bicyclic) bond motifs is 2. The number of carbonyl (C=O) groups excluding carboxylic acids is 1. The Morgan fingerprint density at radius 1 is 1.68 bits per heavy atom. The fourth-order valence-corrected chi connectivity index (χ4v) is 3.29. The second kappa shape index (κ2) is 5.03. The van der Waals surface area contributed by atoms with Crippen LogP contribution in [0.2, 0.25) is 0 Å². The van der Waals surface area contributed by atoms with Gasteiger partial charge in [-0.15, -0.1) is 5.10 Å². The second-order valence-electron chi connectivity index (χ2n) is 5.32. The van der Waals surface area contributed by atoms with Crippen molar-refractivity contribution in [2.24, 2.45) is 5.73 Å². The highest BCUT2D eigenvalue weighted by Crippen LogP contribution is 2.51. The summed E-state index contributed by atoms with van der Waals surface area (Å²) in [4.78, 5) is 11.6. The van der Waals surface area contributed by atoms with Crippen molar-refractivity contribution in [3.8, 4) is 11.9 Å². The maximum atomic E-state index is 11.6. The zero-order chi connectivity index (χ0) is 15.9. The molecule has 0 amide bonds. The van der Waals surface area contributed by atoms with E-state index in [9.17, 15) is 10.1 Å². The third-order valence-electron chi connectivity index (χ3n) is 4.37. The molecule has 0 unspecified atom stereocenters. The monoisotopic (exact) mass is 304 g/mol. The van der Waals surface area contributed by atoms with Gasteiger partial charge in [0, 0.05) is 6.61 Å². The molecule has 2 aliphatic rings. The van der Waals surface area contributed by atoms with Crippen molar-refractivity contribution in [3.05, 3.63) is 22.7 Å². The number of nitriles is 1. The summed E-state index contributed by atoms with van der Waals surface area (Å²) in [5, 5.41) is 16.4. The van der Waals surface area contributed by atoms with Gasteiger partial charge in [-0.1, -0.05) is 0 Å². The molecule has 3 heterocycles. The number of rotatable bonds is 2. The summed E-state index contributed by atoms with van der Waals surface area (Å²) in [5.74, 6) is -0.0922. The molecule has 0 bridgehead atoms. The lowest BCUT2D eigenvalue weighted by atomic mass is 9.68. The molecule has 3 N–H and O–H groups in total. The molecule has 22 heavy (non-hydrogen) atoms. The van der Waals surface area contributed by atoms with E-state index < -0.39 is 11.4 Å². The SMILES string of the molecule is COC(=O)Cc1[nH]nc2c1[C@@]1(CCO[C@H]1C)C(C#N)=C(N)O2. The van der Waals surface area contributed by atoms with Crippen molar-refractivity contribution in [3.63, 3.8) is 0 Å². The lowest BCUT2D eigenvalue weighted by Crippen LogP contribution is -2.41. The van der Waals surface area contributed by atoms with Gasteiger partial charge in [0.1, 0.15) is 11.6 Å². The quantitative estimate of drug-likeness (QED) is 0.751. The molecule has 2 atom stereocenters. The van der Waals surface area contributed by atoms with Gasteiger partial charge in [0.15, 0.2) is 0 Å². The Labute approximate surface area is 126 Å². The number of methoxy groups -OCH3 is 1. The number of aromatic nitrogens is 2. The average Bonchev–Trinajstić information content (AvgIpc) is 3.05. The Hall–Kier alpha value is -2.53. The number of hydrogen-bond donors (Lipinski definition) is 2. The van der Waals surface area contributed by atoms with E-state index in [-0.39, 0.29) is 24.3 Å². The Kier molecular flexibility index (Phi) is 3.30. The van der Waals surface area contributed by atoms with Crippen LogP contribution in [0.1, 0.15) is 24.6 Å². The molecule has 0 radical (unpaired) electrons. The van der Waals surface area contributed by atoms with Gasteiger partial charge in [-0.3, -0.25) is 9.89 Å². The molecule has 8 nitrogen and oxygen atoms in total. The minimum Gasteiger partial charge on any atom is -0.469 e. The van der Waals surface area contributed by atoms with E-state index in [0.29, 0.717) is 29.9 Å². The van der Waals surface area contributed by atoms with E-state index in [0.717, 1.165) is 0 Å². The molecule has 116 valence electrons. The van der Waals surface area contributed by atoms with E-state index in [1.54, 1.807) is 0 Å². The van der Waals surface area contributed by atoms with Crippen LogP contribution >= 0.6 is 0 Å². The topological polar surface area (TPSA) is 123 Å².